The van der Waals surface area contributed by atoms with Crippen molar-refractivity contribution in [3.8, 4) is 0 Å². The molecule has 2 N–H and O–H groups in total. The number of furan rings is 1. The monoisotopic (exact) mass is 391 g/mol. The van der Waals surface area contributed by atoms with Crippen LogP contribution in [0.15, 0.2) is 27.5 Å². The number of carbonyl (C=O) groups is 3. The molecule has 0 spiro atoms. The number of anilines is 1. The van der Waals surface area contributed by atoms with Crippen LogP contribution < -0.4 is 5.32 Å². The van der Waals surface area contributed by atoms with Gasteiger partial charge in [0.1, 0.15) is 5.76 Å². The number of carbonyl (C=O) groups excluding carboxylic acids is 2. The molecule has 9 heteroatoms. The molecule has 0 bridgehead atoms. The topological polar surface area (TPSA) is 131 Å². The van der Waals surface area contributed by atoms with Crippen molar-refractivity contribution in [2.24, 2.45) is 0 Å². The molecule has 8 nitrogen and oxygen atoms in total. The molecule has 1 aliphatic rings. The van der Waals surface area contributed by atoms with E-state index in [1.165, 1.54) is 6.07 Å². The Hall–Kier alpha value is -2.94. The van der Waals surface area contributed by atoms with Crippen LogP contribution in [0, 0.1) is 6.92 Å². The first-order valence-electron chi connectivity index (χ1n) is 8.13. The highest BCUT2D eigenvalue weighted by molar-refractivity contribution is 7.90. The number of hydrogen-bond donors (Lipinski definition) is 2. The van der Waals surface area contributed by atoms with Gasteiger partial charge in [-0.25, -0.2) is 13.2 Å². The number of Topliss-reactive ketones (excluding diaryl/α,β-unsaturated/α-hetero) is 1. The lowest BCUT2D eigenvalue weighted by Gasteiger charge is -2.08. The van der Waals surface area contributed by atoms with Crippen molar-refractivity contribution in [3.05, 3.63) is 46.4 Å². The molecule has 1 heterocycles. The van der Waals surface area contributed by atoms with Crippen molar-refractivity contribution in [1.82, 2.24) is 0 Å². The van der Waals surface area contributed by atoms with Gasteiger partial charge in [0.05, 0.1) is 16.0 Å². The molecule has 1 aromatic heterocycles. The number of sulfone groups is 1. The van der Waals surface area contributed by atoms with Gasteiger partial charge >= 0.3 is 5.97 Å². The van der Waals surface area contributed by atoms with Gasteiger partial charge in [0.15, 0.2) is 21.4 Å². The van der Waals surface area contributed by atoms with E-state index in [0.29, 0.717) is 36.1 Å². The van der Waals surface area contributed by atoms with Gasteiger partial charge in [0, 0.05) is 30.3 Å². The molecule has 1 aliphatic carbocycles. The van der Waals surface area contributed by atoms with Gasteiger partial charge in [-0.1, -0.05) is 0 Å². The van der Waals surface area contributed by atoms with Gasteiger partial charge in [0.2, 0.25) is 0 Å². The quantitative estimate of drug-likeness (QED) is 0.818. The Labute approximate surface area is 155 Å². The first-order chi connectivity index (χ1) is 12.6. The smallest absolute Gasteiger partial charge is 0.335 e. The number of rotatable bonds is 4. The molecule has 0 fully saturated rings. The number of carboxylic acid groups (broad SMARTS) is 1. The third-order valence-electron chi connectivity index (χ3n) is 4.35. The number of aromatic carboxylic acids is 1. The summed E-state index contributed by atoms with van der Waals surface area (Å²) < 4.78 is 29.1. The molecule has 142 valence electrons. The summed E-state index contributed by atoms with van der Waals surface area (Å²) in [5.41, 5.74) is 0.562. The number of nitrogens with one attached hydrogen (secondary N) is 1. The molecule has 0 aliphatic heterocycles. The zero-order valence-corrected chi connectivity index (χ0v) is 15.5. The van der Waals surface area contributed by atoms with Gasteiger partial charge in [-0.3, -0.25) is 9.59 Å². The van der Waals surface area contributed by atoms with E-state index in [4.69, 9.17) is 4.42 Å². The first kappa shape index (κ1) is 18.8. The van der Waals surface area contributed by atoms with Crippen LogP contribution in [0.1, 0.15) is 55.4 Å². The Morgan fingerprint density at radius 1 is 1.19 bits per heavy atom. The summed E-state index contributed by atoms with van der Waals surface area (Å²) >= 11 is 0. The SMILES string of the molecule is Cc1c(C(=O)Nc2cc(C(=O)O)cc(S(C)(=O)=O)c2)oc2c1C(=O)CCC2. The highest BCUT2D eigenvalue weighted by Crippen LogP contribution is 2.30. The number of benzene rings is 1. The van der Waals surface area contributed by atoms with Crippen molar-refractivity contribution < 1.29 is 32.3 Å². The Bertz CT molecular complexity index is 1080. The second-order valence-corrected chi connectivity index (χ2v) is 8.42. The van der Waals surface area contributed by atoms with E-state index in [-0.39, 0.29) is 27.7 Å². The number of ketones is 1. The van der Waals surface area contributed by atoms with E-state index in [1.807, 2.05) is 0 Å². The minimum atomic E-state index is -3.68. The van der Waals surface area contributed by atoms with Gasteiger partial charge in [-0.2, -0.15) is 0 Å². The van der Waals surface area contributed by atoms with Crippen LogP contribution in [-0.4, -0.2) is 37.4 Å². The largest absolute Gasteiger partial charge is 0.478 e. The fourth-order valence-corrected chi connectivity index (χ4v) is 3.74. The van der Waals surface area contributed by atoms with E-state index < -0.39 is 21.7 Å². The summed E-state index contributed by atoms with van der Waals surface area (Å²) in [5.74, 6) is -1.67. The summed E-state index contributed by atoms with van der Waals surface area (Å²) in [6, 6.07) is 3.34. The lowest BCUT2D eigenvalue weighted by molar-refractivity contribution is 0.0696. The number of hydrogen-bond acceptors (Lipinski definition) is 6. The number of fused-ring (bicyclic) bond motifs is 1. The van der Waals surface area contributed by atoms with Crippen molar-refractivity contribution in [2.75, 3.05) is 11.6 Å². The zero-order chi connectivity index (χ0) is 19.9. The second kappa shape index (κ2) is 6.66. The van der Waals surface area contributed by atoms with Gasteiger partial charge in [0.25, 0.3) is 5.91 Å². The molecule has 0 saturated carbocycles. The van der Waals surface area contributed by atoms with E-state index in [9.17, 15) is 27.9 Å². The molecule has 3 rings (SSSR count). The molecular weight excluding hydrogens is 374 g/mol. The lowest BCUT2D eigenvalue weighted by Crippen LogP contribution is -2.14. The summed E-state index contributed by atoms with van der Waals surface area (Å²) in [6.07, 6.45) is 2.54. The van der Waals surface area contributed by atoms with E-state index >= 15 is 0 Å². The highest BCUT2D eigenvalue weighted by Gasteiger charge is 2.29. The zero-order valence-electron chi connectivity index (χ0n) is 14.7. The van der Waals surface area contributed by atoms with Crippen LogP contribution in [0.3, 0.4) is 0 Å². The third kappa shape index (κ3) is 3.63. The first-order valence-corrected chi connectivity index (χ1v) is 10.0. The molecule has 2 aromatic rings. The van der Waals surface area contributed by atoms with Crippen LogP contribution in [0.25, 0.3) is 0 Å². The Kier molecular flexibility index (Phi) is 4.64. The van der Waals surface area contributed by atoms with Crippen molar-refractivity contribution in [3.63, 3.8) is 0 Å². The maximum Gasteiger partial charge on any atom is 0.335 e. The second-order valence-electron chi connectivity index (χ2n) is 6.41. The molecule has 27 heavy (non-hydrogen) atoms. The average Bonchev–Trinajstić information content (AvgIpc) is 2.92. The molecule has 1 aromatic carbocycles. The predicted molar refractivity (Wildman–Crippen MR) is 95.2 cm³/mol. The number of amides is 1. The van der Waals surface area contributed by atoms with E-state index in [0.717, 1.165) is 18.4 Å². The van der Waals surface area contributed by atoms with Gasteiger partial charge in [-0.05, 0) is 31.5 Å². The van der Waals surface area contributed by atoms with Crippen molar-refractivity contribution >= 4 is 33.2 Å². The van der Waals surface area contributed by atoms with Crippen LogP contribution in [0.4, 0.5) is 5.69 Å². The van der Waals surface area contributed by atoms with Crippen LogP contribution >= 0.6 is 0 Å². The van der Waals surface area contributed by atoms with Crippen molar-refractivity contribution in [2.45, 2.75) is 31.1 Å². The van der Waals surface area contributed by atoms with Crippen molar-refractivity contribution in [1.29, 1.82) is 0 Å². The molecule has 1 amide bonds. The van der Waals surface area contributed by atoms with Crippen LogP contribution in [-0.2, 0) is 16.3 Å². The number of aryl methyl sites for hydroxylation is 1. The molecule has 0 unspecified atom stereocenters. The molecule has 0 radical (unpaired) electrons. The number of carboxylic acids is 1. The average molecular weight is 391 g/mol. The normalized spacial score (nSPS) is 13.9. The highest BCUT2D eigenvalue weighted by atomic mass is 32.2. The summed E-state index contributed by atoms with van der Waals surface area (Å²) in [7, 11) is -3.68. The standard InChI is InChI=1S/C18H17NO7S/c1-9-15-13(20)4-3-5-14(15)26-16(9)17(21)19-11-6-10(18(22)23)7-12(8-11)27(2,24)25/h6-8H,3-5H2,1-2H3,(H,19,21)(H,22,23). The van der Waals surface area contributed by atoms with Crippen LogP contribution in [0.5, 0.6) is 0 Å². The van der Waals surface area contributed by atoms with Gasteiger partial charge in [-0.15, -0.1) is 0 Å². The molecule has 0 saturated heterocycles. The van der Waals surface area contributed by atoms with E-state index in [1.54, 1.807) is 6.92 Å². The Balaban J connectivity index is 1.98. The molecular formula is C18H17NO7S. The summed E-state index contributed by atoms with van der Waals surface area (Å²) in [5, 5.41) is 11.6. The maximum atomic E-state index is 12.6. The predicted octanol–water partition coefficient (Wildman–Crippen LogP) is 2.46. The van der Waals surface area contributed by atoms with E-state index in [2.05, 4.69) is 5.32 Å². The lowest BCUT2D eigenvalue weighted by atomic mass is 9.94. The maximum absolute atomic E-state index is 12.6. The Morgan fingerprint density at radius 3 is 2.48 bits per heavy atom. The third-order valence-corrected chi connectivity index (χ3v) is 5.44. The Morgan fingerprint density at radius 2 is 1.89 bits per heavy atom. The summed E-state index contributed by atoms with van der Waals surface area (Å²) in [4.78, 5) is 35.7. The minimum absolute atomic E-state index is 0.000392. The van der Waals surface area contributed by atoms with Gasteiger partial charge < -0.3 is 14.8 Å². The minimum Gasteiger partial charge on any atom is -0.478 e. The fraction of sp³-hybridized carbons (Fsp3) is 0.278. The summed E-state index contributed by atoms with van der Waals surface area (Å²) in [6.45, 7) is 1.61. The van der Waals surface area contributed by atoms with Crippen LogP contribution in [0.2, 0.25) is 0 Å². The molecule has 0 atom stereocenters. The fourth-order valence-electron chi connectivity index (χ4n) is 3.06.